The largest absolute Gasteiger partial charge is 1.00 e. The quantitative estimate of drug-likeness (QED) is 0.125. The van der Waals surface area contributed by atoms with Crippen molar-refractivity contribution in [2.24, 2.45) is 0 Å². The number of hydrogen-bond donors (Lipinski definition) is 2. The minimum Gasteiger partial charge on any atom is 1.00 e. The van der Waals surface area contributed by atoms with E-state index >= 15 is 0 Å². The van der Waals surface area contributed by atoms with Crippen LogP contribution in [0.1, 0.15) is 41.5 Å². The molecule has 0 aliphatic carbocycles. The molecule has 1 atom stereocenters. The summed E-state index contributed by atoms with van der Waals surface area (Å²) in [5, 5.41) is 16.0. The van der Waals surface area contributed by atoms with E-state index in [1.165, 1.54) is 0 Å². The Kier molecular flexibility index (Phi) is 21.1. The summed E-state index contributed by atoms with van der Waals surface area (Å²) in [4.78, 5) is 32.8. The number of piperazine rings is 2. The molecule has 2 fully saturated rings. The van der Waals surface area contributed by atoms with Crippen molar-refractivity contribution in [3.63, 3.8) is 0 Å². The van der Waals surface area contributed by atoms with E-state index in [4.69, 9.17) is 9.47 Å². The van der Waals surface area contributed by atoms with E-state index < -0.39 is 32.1 Å². The Morgan fingerprint density at radius 3 is 1.50 bits per heavy atom. The summed E-state index contributed by atoms with van der Waals surface area (Å²) in [5.41, 5.74) is 2.67. The average molecular weight is 1230 g/mol. The number of H-pyrrole nitrogens is 2. The van der Waals surface area contributed by atoms with Crippen LogP contribution in [0.3, 0.4) is 0 Å². The molecule has 2 saturated heterocycles. The molecule has 2 aliphatic rings. The second kappa shape index (κ2) is 25.0. The Balaban J connectivity index is 0.000000238. The fourth-order valence-electron chi connectivity index (χ4n) is 6.74. The second-order valence-electron chi connectivity index (χ2n) is 16.8. The molecule has 0 saturated carbocycles. The first kappa shape index (κ1) is 55.6. The molecule has 22 heteroatoms. The summed E-state index contributed by atoms with van der Waals surface area (Å²) >= 11 is 6.04. The van der Waals surface area contributed by atoms with Crippen LogP contribution < -0.4 is 39.4 Å². The monoisotopic (exact) mass is 1220 g/mol. The minimum atomic E-state index is -3.68. The van der Waals surface area contributed by atoms with Crippen molar-refractivity contribution >= 4 is 109 Å². The average Bonchev–Trinajstić information content (AvgIpc) is 3.90. The van der Waals surface area contributed by atoms with Crippen LogP contribution in [0, 0.1) is 3.70 Å². The van der Waals surface area contributed by atoms with E-state index in [2.05, 4.69) is 83.7 Å². The molecule has 4 heterocycles. The molecule has 2 aromatic heterocycles. The number of amides is 2. The van der Waals surface area contributed by atoms with Crippen molar-refractivity contribution in [3.05, 3.63) is 101 Å². The van der Waals surface area contributed by atoms with Gasteiger partial charge >= 0.3 is 74.9 Å². The Bertz CT molecular complexity index is 2650. The van der Waals surface area contributed by atoms with Gasteiger partial charge in [0.05, 0.1) is 15.9 Å². The molecule has 0 bridgehead atoms. The van der Waals surface area contributed by atoms with E-state index in [1.807, 2.05) is 53.7 Å². The fourth-order valence-corrected chi connectivity index (χ4v) is 9.07. The van der Waals surface area contributed by atoms with Gasteiger partial charge < -0.3 is 33.6 Å². The number of hydrogen-bond acceptors (Lipinski definition) is 12. The molecule has 2 amide bonds. The van der Waals surface area contributed by atoms with Crippen molar-refractivity contribution in [1.82, 2.24) is 30.2 Å². The zero-order chi connectivity index (χ0) is 47.5. The zero-order valence-electron chi connectivity index (χ0n) is 37.7. The van der Waals surface area contributed by atoms with Gasteiger partial charge in [-0.2, -0.15) is 10.2 Å². The molecule has 2 aliphatic heterocycles. The maximum Gasteiger partial charge on any atom is 1.00 e. The summed E-state index contributed by atoms with van der Waals surface area (Å²) < 4.78 is 58.3. The molecule has 1 unspecified atom stereocenters. The van der Waals surface area contributed by atoms with Gasteiger partial charge in [-0.3, -0.25) is 14.4 Å². The molecule has 0 radical (unpaired) electrons. The normalized spacial score (nSPS) is 14.7. The number of fused-ring (bicyclic) bond motifs is 2. The first-order valence-electron chi connectivity index (χ1n) is 20.4. The maximum atomic E-state index is 13.0. The van der Waals surface area contributed by atoms with E-state index in [0.29, 0.717) is 55.1 Å². The Labute approximate surface area is 443 Å². The molecule has 8 rings (SSSR count). The summed E-state index contributed by atoms with van der Waals surface area (Å²) in [6, 6.07) is 28.4. The SMILES string of the molecule is CC(C)(C)OC(=O)N1CCN(c2ccc3c(I)[nH]nc3c2)CC1.CC(C)(C)OC(=O)N1CCN(c2ccc3c(S(=O)(=O)c4ccccc4)[nH]nc3c2)CC1.O=S([O-])c1ccccc1.[Cu][I].[Na+]. The number of nitrogens with zero attached hydrogens (tertiary/aromatic N) is 6. The number of sulfone groups is 1. The van der Waals surface area contributed by atoms with Crippen LogP contribution in [-0.2, 0) is 43.2 Å². The summed E-state index contributed by atoms with van der Waals surface area (Å²) in [6.45, 7) is 16.6. The molecule has 6 aromatic rings. The van der Waals surface area contributed by atoms with Gasteiger partial charge in [0.15, 0.2) is 5.03 Å². The molecule has 2 N–H and O–H groups in total. The van der Waals surface area contributed by atoms with Gasteiger partial charge in [-0.1, -0.05) is 36.4 Å². The number of aromatic amines is 2. The van der Waals surface area contributed by atoms with Crippen molar-refractivity contribution in [2.45, 2.75) is 67.6 Å². The first-order chi connectivity index (χ1) is 30.8. The molecular weight excluding hydrogens is 1170 g/mol. The van der Waals surface area contributed by atoms with Gasteiger partial charge in [-0.15, -0.1) is 0 Å². The summed E-state index contributed by atoms with van der Waals surface area (Å²) in [6.07, 6.45) is -0.528. The van der Waals surface area contributed by atoms with Crippen molar-refractivity contribution in [3.8, 4) is 0 Å². The van der Waals surface area contributed by atoms with E-state index in [9.17, 15) is 26.8 Å². The van der Waals surface area contributed by atoms with Crippen LogP contribution >= 0.6 is 42.9 Å². The van der Waals surface area contributed by atoms with Crippen molar-refractivity contribution in [2.75, 3.05) is 62.2 Å². The predicted octanol–water partition coefficient (Wildman–Crippen LogP) is 5.49. The predicted molar refractivity (Wildman–Crippen MR) is 264 cm³/mol. The number of rotatable bonds is 5. The van der Waals surface area contributed by atoms with E-state index in [1.54, 1.807) is 96.9 Å². The number of aromatic nitrogens is 4. The van der Waals surface area contributed by atoms with Crippen LogP contribution in [0.5, 0.6) is 0 Å². The number of carbonyl (C=O) groups excluding carboxylic acids is 2. The van der Waals surface area contributed by atoms with Gasteiger partial charge in [0.1, 0.15) is 14.9 Å². The summed E-state index contributed by atoms with van der Waals surface area (Å²) in [5.74, 6) is 0. The summed E-state index contributed by atoms with van der Waals surface area (Å²) in [7, 11) is -3.68. The van der Waals surface area contributed by atoms with Gasteiger partial charge in [-0.05, 0) is 136 Å². The van der Waals surface area contributed by atoms with Crippen LogP contribution in [0.15, 0.2) is 112 Å². The molecule has 66 heavy (non-hydrogen) atoms. The topological polar surface area (TPSA) is 197 Å². The Morgan fingerprint density at radius 1 is 0.667 bits per heavy atom. The molecule has 354 valence electrons. The number of anilines is 2. The van der Waals surface area contributed by atoms with Crippen molar-refractivity contribution < 1.29 is 78.6 Å². The van der Waals surface area contributed by atoms with Gasteiger partial charge in [0, 0.05) is 79.4 Å². The standard InChI is InChI=1S/C22H26N4O4S.C16H21IN4O2.C6H6O2S.Cu.HI.Na/c1-22(2,3)30-21(27)26-13-11-25(12-14-26)16-9-10-18-19(15-16)23-24-20(18)31(28,29)17-7-5-4-6-8-17;1-16(2,3)23-15(22)21-8-6-20(7-9-21)11-4-5-12-13(10-11)18-19-14(12)17;7-9(8)6-4-2-1-3-5-6;;;/h4-10,15H,11-14H2,1-3H3,(H,23,24);4-5,10H,6-9H2,1-3H3,(H,18,19);1-5H,(H,7,8);;1H;/q;;;+1;;+1/p-2. The number of nitrogens with one attached hydrogen (secondary N) is 2. The van der Waals surface area contributed by atoms with Crippen LogP contribution in [0.25, 0.3) is 21.8 Å². The smallest absolute Gasteiger partial charge is 1.00 e. The molecule has 4 aromatic carbocycles. The minimum absolute atomic E-state index is 0. The molecular formula is C44H52CuI2N8NaO8S2. The number of carbonyl (C=O) groups is 2. The third-order valence-electron chi connectivity index (χ3n) is 9.85. The van der Waals surface area contributed by atoms with Gasteiger partial charge in [-0.25, -0.2) is 18.0 Å². The van der Waals surface area contributed by atoms with Crippen LogP contribution in [0.4, 0.5) is 21.0 Å². The number of benzene rings is 4. The third kappa shape index (κ3) is 15.5. The van der Waals surface area contributed by atoms with Crippen LogP contribution in [-0.4, -0.2) is 123 Å². The Hall–Kier alpha value is -3.00. The van der Waals surface area contributed by atoms with Gasteiger partial charge in [0.2, 0.25) is 9.84 Å². The van der Waals surface area contributed by atoms with Crippen LogP contribution in [0.2, 0.25) is 0 Å². The van der Waals surface area contributed by atoms with Crippen molar-refractivity contribution in [1.29, 1.82) is 0 Å². The Morgan fingerprint density at radius 2 is 1.08 bits per heavy atom. The third-order valence-corrected chi connectivity index (χ3v) is 13.1. The number of halogens is 2. The fraction of sp³-hybridized carbons (Fsp3) is 0.364. The molecule has 0 spiro atoms. The van der Waals surface area contributed by atoms with E-state index in [0.717, 1.165) is 39.1 Å². The first-order valence-corrected chi connectivity index (χ1v) is 27.1. The number of ether oxygens (including phenoxy) is 2. The maximum absolute atomic E-state index is 13.0. The van der Waals surface area contributed by atoms with E-state index in [-0.39, 0.29) is 51.7 Å². The van der Waals surface area contributed by atoms with Gasteiger partial charge in [0.25, 0.3) is 0 Å². The zero-order valence-corrected chi connectivity index (χ0v) is 46.6. The second-order valence-corrected chi connectivity index (χ2v) is 20.7. The molecule has 16 nitrogen and oxygen atoms in total.